The molecular formula is C23H29F2N7O. The third kappa shape index (κ3) is 4.63. The fourth-order valence-corrected chi connectivity index (χ4v) is 4.65. The van der Waals surface area contributed by atoms with Gasteiger partial charge in [-0.05, 0) is 50.9 Å². The van der Waals surface area contributed by atoms with Gasteiger partial charge in [0.15, 0.2) is 5.82 Å². The number of ether oxygens (including phenoxy) is 1. The minimum absolute atomic E-state index is 0.161. The van der Waals surface area contributed by atoms with Gasteiger partial charge in [0, 0.05) is 25.2 Å². The summed E-state index contributed by atoms with van der Waals surface area (Å²) in [6.07, 6.45) is -0.582. The number of halogens is 2. The summed E-state index contributed by atoms with van der Waals surface area (Å²) in [5, 5.41) is 6.85. The largest absolute Gasteiger partial charge is 0.378 e. The standard InChI is InChI=1S/C23H29F2N7O/c1-15(16-6-8-26-9-7-16)27-23-29-19(31-10-12-33-13-11-31)14-20(30-23)32-18-5-3-2-4-17(18)28-22(32)21(24)25/h2-5,14-16,21,26H,6-13H2,1H3,(H,27,29,30). The van der Waals surface area contributed by atoms with Crippen LogP contribution in [0.25, 0.3) is 16.9 Å². The zero-order chi connectivity index (χ0) is 22.8. The number of imidazole rings is 1. The number of alkyl halides is 2. The molecule has 33 heavy (non-hydrogen) atoms. The molecule has 1 atom stereocenters. The monoisotopic (exact) mass is 457 g/mol. The molecule has 1 aromatic carbocycles. The Morgan fingerprint density at radius 1 is 1.06 bits per heavy atom. The maximum Gasteiger partial charge on any atom is 0.296 e. The fraction of sp³-hybridized carbons (Fsp3) is 0.522. The summed E-state index contributed by atoms with van der Waals surface area (Å²) in [4.78, 5) is 15.8. The molecule has 3 aromatic rings. The van der Waals surface area contributed by atoms with Gasteiger partial charge in [-0.15, -0.1) is 0 Å². The normalized spacial score (nSPS) is 18.7. The van der Waals surface area contributed by atoms with Gasteiger partial charge >= 0.3 is 0 Å². The van der Waals surface area contributed by atoms with Gasteiger partial charge in [0.2, 0.25) is 5.95 Å². The molecule has 0 saturated carbocycles. The minimum Gasteiger partial charge on any atom is -0.378 e. The van der Waals surface area contributed by atoms with Gasteiger partial charge in [-0.3, -0.25) is 4.57 Å². The van der Waals surface area contributed by atoms with Crippen molar-refractivity contribution in [3.63, 3.8) is 0 Å². The SMILES string of the molecule is CC(Nc1nc(N2CCOCC2)cc(-n2c(C(F)F)nc3ccccc32)n1)C1CCNCC1. The Bertz CT molecular complexity index is 1090. The number of fused-ring (bicyclic) bond motifs is 1. The number of nitrogens with zero attached hydrogens (tertiary/aromatic N) is 5. The molecule has 2 saturated heterocycles. The van der Waals surface area contributed by atoms with Crippen LogP contribution in [0.3, 0.4) is 0 Å². The lowest BCUT2D eigenvalue weighted by Crippen LogP contribution is -2.38. The molecule has 0 radical (unpaired) electrons. The molecule has 8 nitrogen and oxygen atoms in total. The lowest BCUT2D eigenvalue weighted by atomic mass is 9.91. The van der Waals surface area contributed by atoms with Crippen molar-refractivity contribution in [2.24, 2.45) is 5.92 Å². The molecule has 0 amide bonds. The number of rotatable bonds is 6. The number of nitrogens with one attached hydrogen (secondary N) is 2. The third-order valence-electron chi connectivity index (χ3n) is 6.49. The number of hydrogen-bond donors (Lipinski definition) is 2. The van der Waals surface area contributed by atoms with Crippen LogP contribution in [-0.2, 0) is 4.74 Å². The highest BCUT2D eigenvalue weighted by molar-refractivity contribution is 5.78. The van der Waals surface area contributed by atoms with Crippen LogP contribution in [0.4, 0.5) is 20.5 Å². The molecule has 2 aliphatic heterocycles. The number of aromatic nitrogens is 4. The van der Waals surface area contributed by atoms with E-state index >= 15 is 0 Å². The van der Waals surface area contributed by atoms with Gasteiger partial charge in [0.1, 0.15) is 11.6 Å². The Morgan fingerprint density at radius 3 is 2.55 bits per heavy atom. The van der Waals surface area contributed by atoms with Crippen LogP contribution in [0, 0.1) is 5.92 Å². The molecule has 2 aromatic heterocycles. The van der Waals surface area contributed by atoms with Crippen molar-refractivity contribution in [2.75, 3.05) is 49.6 Å². The van der Waals surface area contributed by atoms with Crippen molar-refractivity contribution in [3.8, 4) is 5.82 Å². The van der Waals surface area contributed by atoms with E-state index in [1.54, 1.807) is 24.3 Å². The van der Waals surface area contributed by atoms with Crippen molar-refractivity contribution >= 4 is 22.8 Å². The van der Waals surface area contributed by atoms with Crippen LogP contribution in [-0.4, -0.2) is 65.0 Å². The minimum atomic E-state index is -2.73. The summed E-state index contributed by atoms with van der Waals surface area (Å²) < 4.78 is 34.9. The first kappa shape index (κ1) is 22.0. The zero-order valence-electron chi connectivity index (χ0n) is 18.7. The predicted molar refractivity (Wildman–Crippen MR) is 123 cm³/mol. The molecule has 0 spiro atoms. The van der Waals surface area contributed by atoms with Crippen LogP contribution < -0.4 is 15.5 Å². The zero-order valence-corrected chi connectivity index (χ0v) is 18.7. The van der Waals surface area contributed by atoms with Crippen LogP contribution in [0.2, 0.25) is 0 Å². The van der Waals surface area contributed by atoms with E-state index in [2.05, 4.69) is 27.4 Å². The van der Waals surface area contributed by atoms with Crippen LogP contribution in [0.15, 0.2) is 30.3 Å². The molecule has 0 aliphatic carbocycles. The summed E-state index contributed by atoms with van der Waals surface area (Å²) in [6, 6.07) is 9.07. The molecule has 5 rings (SSSR count). The van der Waals surface area contributed by atoms with E-state index < -0.39 is 6.43 Å². The fourth-order valence-electron chi connectivity index (χ4n) is 4.65. The molecule has 0 bridgehead atoms. The number of anilines is 2. The van der Waals surface area contributed by atoms with E-state index in [0.717, 1.165) is 25.9 Å². The second-order valence-corrected chi connectivity index (χ2v) is 8.62. The van der Waals surface area contributed by atoms with E-state index in [1.165, 1.54) is 4.57 Å². The first-order valence-electron chi connectivity index (χ1n) is 11.5. The summed E-state index contributed by atoms with van der Waals surface area (Å²) in [7, 11) is 0. The van der Waals surface area contributed by atoms with Crippen molar-refractivity contribution in [1.82, 2.24) is 24.8 Å². The summed E-state index contributed by atoms with van der Waals surface area (Å²) in [5.41, 5.74) is 1.11. The van der Waals surface area contributed by atoms with E-state index in [1.807, 2.05) is 6.07 Å². The molecule has 176 valence electrons. The molecule has 2 aliphatic rings. The topological polar surface area (TPSA) is 80.1 Å². The maximum atomic E-state index is 14.0. The quantitative estimate of drug-likeness (QED) is 0.587. The van der Waals surface area contributed by atoms with Gasteiger partial charge in [0.25, 0.3) is 6.43 Å². The predicted octanol–water partition coefficient (Wildman–Crippen LogP) is 3.39. The molecule has 4 heterocycles. The molecule has 10 heteroatoms. The Kier molecular flexibility index (Phi) is 6.37. The number of hydrogen-bond acceptors (Lipinski definition) is 7. The Hall–Kier alpha value is -2.85. The van der Waals surface area contributed by atoms with Crippen molar-refractivity contribution in [1.29, 1.82) is 0 Å². The number of morpholine rings is 1. The Morgan fingerprint density at radius 2 is 1.79 bits per heavy atom. The molecule has 2 N–H and O–H groups in total. The van der Waals surface area contributed by atoms with Gasteiger partial charge in [-0.25, -0.2) is 13.8 Å². The van der Waals surface area contributed by atoms with E-state index in [0.29, 0.717) is 60.8 Å². The van der Waals surface area contributed by atoms with Gasteiger partial charge in [0.05, 0.1) is 24.2 Å². The summed E-state index contributed by atoms with van der Waals surface area (Å²) in [5.74, 6) is 1.70. The van der Waals surface area contributed by atoms with E-state index in [9.17, 15) is 8.78 Å². The third-order valence-corrected chi connectivity index (χ3v) is 6.49. The highest BCUT2D eigenvalue weighted by Crippen LogP contribution is 2.29. The smallest absolute Gasteiger partial charge is 0.296 e. The van der Waals surface area contributed by atoms with Crippen molar-refractivity contribution in [3.05, 3.63) is 36.2 Å². The van der Waals surface area contributed by atoms with Crippen LogP contribution in [0.5, 0.6) is 0 Å². The highest BCUT2D eigenvalue weighted by Gasteiger charge is 2.25. The van der Waals surface area contributed by atoms with Gasteiger partial charge < -0.3 is 20.3 Å². The van der Waals surface area contributed by atoms with Crippen LogP contribution in [0.1, 0.15) is 32.0 Å². The van der Waals surface area contributed by atoms with E-state index in [-0.39, 0.29) is 11.9 Å². The Labute approximate surface area is 191 Å². The molecule has 2 fully saturated rings. The second kappa shape index (κ2) is 9.56. The van der Waals surface area contributed by atoms with Crippen molar-refractivity contribution in [2.45, 2.75) is 32.2 Å². The molecular weight excluding hydrogens is 428 g/mol. The summed E-state index contributed by atoms with van der Waals surface area (Å²) >= 11 is 0. The maximum absolute atomic E-state index is 14.0. The highest BCUT2D eigenvalue weighted by atomic mass is 19.3. The van der Waals surface area contributed by atoms with Crippen molar-refractivity contribution < 1.29 is 13.5 Å². The first-order chi connectivity index (χ1) is 16.1. The second-order valence-electron chi connectivity index (χ2n) is 8.62. The first-order valence-corrected chi connectivity index (χ1v) is 11.5. The number of piperidine rings is 1. The van der Waals surface area contributed by atoms with Gasteiger partial charge in [-0.1, -0.05) is 12.1 Å². The van der Waals surface area contributed by atoms with Crippen LogP contribution >= 0.6 is 0 Å². The lowest BCUT2D eigenvalue weighted by molar-refractivity contribution is 0.122. The average molecular weight is 458 g/mol. The molecule has 1 unspecified atom stereocenters. The number of benzene rings is 1. The Balaban J connectivity index is 1.57. The average Bonchev–Trinajstić information content (AvgIpc) is 3.25. The van der Waals surface area contributed by atoms with Gasteiger partial charge in [-0.2, -0.15) is 9.97 Å². The van der Waals surface area contributed by atoms with E-state index in [4.69, 9.17) is 14.7 Å². The summed E-state index contributed by atoms with van der Waals surface area (Å²) in [6.45, 7) is 6.70. The lowest BCUT2D eigenvalue weighted by Gasteiger charge is -2.30. The number of para-hydroxylation sites is 2.